The number of imide groups is 1. The summed E-state index contributed by atoms with van der Waals surface area (Å²) in [5, 5.41) is 0.518. The molecule has 1 aliphatic carbocycles. The van der Waals surface area contributed by atoms with Crippen molar-refractivity contribution in [2.75, 3.05) is 0 Å². The number of hydrogen-bond donors (Lipinski definition) is 0. The van der Waals surface area contributed by atoms with E-state index >= 15 is 0 Å². The number of benzene rings is 1. The van der Waals surface area contributed by atoms with Gasteiger partial charge in [0.15, 0.2) is 5.78 Å². The molecule has 1 saturated heterocycles. The number of rotatable bonds is 4. The van der Waals surface area contributed by atoms with Crippen molar-refractivity contribution < 1.29 is 24.0 Å². The number of allylic oxidation sites excluding steroid dienone is 3. The number of fused-ring (bicyclic) bond motifs is 1. The number of carbonyl (C=O) groups is 4. The van der Waals surface area contributed by atoms with Crippen molar-refractivity contribution in [1.29, 1.82) is 0 Å². The fourth-order valence-electron chi connectivity index (χ4n) is 3.17. The maximum Gasteiger partial charge on any atom is 0.334 e. The third-order valence-electron chi connectivity index (χ3n) is 4.60. The first-order valence-corrected chi connectivity index (χ1v) is 8.32. The first-order valence-electron chi connectivity index (χ1n) is 8.32. The van der Waals surface area contributed by atoms with Crippen LogP contribution < -0.4 is 0 Å². The molecular formula is C20H19NO5. The van der Waals surface area contributed by atoms with Crippen LogP contribution in [0.25, 0.3) is 5.57 Å². The van der Waals surface area contributed by atoms with Crippen LogP contribution in [0.2, 0.25) is 0 Å². The van der Waals surface area contributed by atoms with E-state index in [2.05, 4.69) is 6.58 Å². The summed E-state index contributed by atoms with van der Waals surface area (Å²) in [5.41, 5.74) is 1.60. The van der Waals surface area contributed by atoms with Gasteiger partial charge in [-0.2, -0.15) is 0 Å². The third kappa shape index (κ3) is 3.10. The lowest BCUT2D eigenvalue weighted by Gasteiger charge is -2.30. The number of ketones is 1. The van der Waals surface area contributed by atoms with Gasteiger partial charge in [0, 0.05) is 29.4 Å². The fourth-order valence-corrected chi connectivity index (χ4v) is 3.17. The van der Waals surface area contributed by atoms with E-state index in [9.17, 15) is 19.2 Å². The van der Waals surface area contributed by atoms with Gasteiger partial charge < -0.3 is 4.84 Å². The Balaban J connectivity index is 1.79. The molecule has 0 bridgehead atoms. The second-order valence-electron chi connectivity index (χ2n) is 7.06. The Morgan fingerprint density at radius 2 is 1.69 bits per heavy atom. The van der Waals surface area contributed by atoms with Crippen LogP contribution in [0, 0.1) is 5.41 Å². The number of hydrogen-bond acceptors (Lipinski definition) is 5. The second kappa shape index (κ2) is 6.37. The fraction of sp³-hybridized carbons (Fsp3) is 0.300. The molecule has 6 nitrogen and oxygen atoms in total. The molecule has 1 aliphatic heterocycles. The predicted molar refractivity (Wildman–Crippen MR) is 93.5 cm³/mol. The summed E-state index contributed by atoms with van der Waals surface area (Å²) in [6, 6.07) is 7.17. The molecule has 1 heterocycles. The molecule has 2 aliphatic rings. The van der Waals surface area contributed by atoms with Crippen molar-refractivity contribution in [3.8, 4) is 0 Å². The van der Waals surface area contributed by atoms with Gasteiger partial charge in [-0.05, 0) is 17.2 Å². The topological polar surface area (TPSA) is 80.8 Å². The summed E-state index contributed by atoms with van der Waals surface area (Å²) >= 11 is 0. The van der Waals surface area contributed by atoms with E-state index < -0.39 is 23.2 Å². The zero-order valence-corrected chi connectivity index (χ0v) is 14.7. The molecule has 0 saturated carbocycles. The van der Waals surface area contributed by atoms with Gasteiger partial charge in [-0.3, -0.25) is 14.4 Å². The summed E-state index contributed by atoms with van der Waals surface area (Å²) in [4.78, 5) is 53.2. The van der Waals surface area contributed by atoms with Gasteiger partial charge in [-0.15, -0.1) is 5.06 Å². The molecule has 0 radical (unpaired) electrons. The highest BCUT2D eigenvalue weighted by atomic mass is 16.7. The summed E-state index contributed by atoms with van der Waals surface area (Å²) < 4.78 is 0. The van der Waals surface area contributed by atoms with E-state index in [1.54, 1.807) is 32.1 Å². The first kappa shape index (κ1) is 17.8. The van der Waals surface area contributed by atoms with Crippen LogP contribution in [0.4, 0.5) is 0 Å². The lowest BCUT2D eigenvalue weighted by Crippen LogP contribution is -2.35. The molecule has 0 spiro atoms. The SMILES string of the molecule is C=C1C=C(C(C)(C)CC(=O)ON2C(=O)CCC2=O)C(=O)c2ccccc21. The van der Waals surface area contributed by atoms with Crippen molar-refractivity contribution in [1.82, 2.24) is 5.06 Å². The molecule has 0 N–H and O–H groups in total. The Hall–Kier alpha value is -3.02. The van der Waals surface area contributed by atoms with Crippen molar-refractivity contribution in [2.24, 2.45) is 5.41 Å². The summed E-state index contributed by atoms with van der Waals surface area (Å²) in [5.74, 6) is -1.97. The monoisotopic (exact) mass is 353 g/mol. The maximum absolute atomic E-state index is 12.9. The highest BCUT2D eigenvalue weighted by Gasteiger charge is 2.38. The van der Waals surface area contributed by atoms with Gasteiger partial charge in [0.1, 0.15) is 0 Å². The molecule has 1 aromatic rings. The van der Waals surface area contributed by atoms with Crippen LogP contribution in [0.3, 0.4) is 0 Å². The van der Waals surface area contributed by atoms with Gasteiger partial charge >= 0.3 is 5.97 Å². The molecular weight excluding hydrogens is 334 g/mol. The number of amides is 2. The van der Waals surface area contributed by atoms with Crippen LogP contribution in [0.15, 0.2) is 42.5 Å². The van der Waals surface area contributed by atoms with E-state index in [1.807, 2.05) is 12.1 Å². The summed E-state index contributed by atoms with van der Waals surface area (Å²) in [6.07, 6.45) is 1.60. The second-order valence-corrected chi connectivity index (χ2v) is 7.06. The molecule has 1 fully saturated rings. The van der Waals surface area contributed by atoms with E-state index in [-0.39, 0.29) is 25.0 Å². The molecule has 0 atom stereocenters. The minimum Gasteiger partial charge on any atom is -0.330 e. The first-order chi connectivity index (χ1) is 12.2. The average Bonchev–Trinajstić information content (AvgIpc) is 2.89. The van der Waals surface area contributed by atoms with E-state index in [0.717, 1.165) is 5.56 Å². The van der Waals surface area contributed by atoms with Crippen LogP contribution in [0.5, 0.6) is 0 Å². The standard InChI is InChI=1S/C20H19NO5/c1-12-10-15(19(25)14-7-5-4-6-13(12)14)20(2,3)11-18(24)26-21-16(22)8-9-17(21)23/h4-7,10H,1,8-9,11H2,2-3H3. The Bertz CT molecular complexity index is 862. The minimum atomic E-state index is -0.851. The number of carbonyl (C=O) groups excluding carboxylic acids is 4. The molecule has 26 heavy (non-hydrogen) atoms. The Morgan fingerprint density at radius 3 is 2.31 bits per heavy atom. The van der Waals surface area contributed by atoms with Gasteiger partial charge in [0.05, 0.1) is 6.42 Å². The Labute approximate surface area is 151 Å². The molecule has 2 amide bonds. The average molecular weight is 353 g/mol. The van der Waals surface area contributed by atoms with Gasteiger partial charge in [0.2, 0.25) is 0 Å². The normalized spacial score (nSPS) is 17.3. The summed E-state index contributed by atoms with van der Waals surface area (Å²) in [6.45, 7) is 7.48. The molecule has 3 rings (SSSR count). The van der Waals surface area contributed by atoms with Crippen molar-refractivity contribution in [2.45, 2.75) is 33.1 Å². The van der Waals surface area contributed by atoms with Crippen LogP contribution >= 0.6 is 0 Å². The zero-order valence-electron chi connectivity index (χ0n) is 14.7. The van der Waals surface area contributed by atoms with E-state index in [0.29, 0.717) is 21.8 Å². The quantitative estimate of drug-likeness (QED) is 0.778. The van der Waals surface area contributed by atoms with Gasteiger partial charge in [0.25, 0.3) is 11.8 Å². The smallest absolute Gasteiger partial charge is 0.330 e. The maximum atomic E-state index is 12.9. The minimum absolute atomic E-state index is 0.0375. The predicted octanol–water partition coefficient (Wildman–Crippen LogP) is 2.85. The van der Waals surface area contributed by atoms with Crippen LogP contribution in [-0.4, -0.2) is 28.6 Å². The molecule has 0 aromatic heterocycles. The summed E-state index contributed by atoms with van der Waals surface area (Å²) in [7, 11) is 0. The largest absolute Gasteiger partial charge is 0.334 e. The van der Waals surface area contributed by atoms with Crippen molar-refractivity contribution in [3.63, 3.8) is 0 Å². The van der Waals surface area contributed by atoms with Gasteiger partial charge in [-0.25, -0.2) is 4.79 Å². The van der Waals surface area contributed by atoms with E-state index in [4.69, 9.17) is 4.84 Å². The zero-order chi connectivity index (χ0) is 19.1. The molecule has 0 unspecified atom stereocenters. The van der Waals surface area contributed by atoms with E-state index in [1.165, 1.54) is 0 Å². The molecule has 1 aromatic carbocycles. The number of hydroxylamine groups is 2. The third-order valence-corrected chi connectivity index (χ3v) is 4.60. The van der Waals surface area contributed by atoms with Crippen molar-refractivity contribution in [3.05, 3.63) is 53.6 Å². The Kier molecular flexibility index (Phi) is 4.36. The highest BCUT2D eigenvalue weighted by molar-refractivity contribution is 6.16. The highest BCUT2D eigenvalue weighted by Crippen LogP contribution is 2.39. The number of Topliss-reactive ketones (excluding diaryl/α,β-unsaturated/α-hetero) is 1. The van der Waals surface area contributed by atoms with Crippen LogP contribution in [-0.2, 0) is 19.2 Å². The molecule has 6 heteroatoms. The van der Waals surface area contributed by atoms with Crippen molar-refractivity contribution >= 4 is 29.1 Å². The number of nitrogens with zero attached hydrogens (tertiary/aromatic N) is 1. The lowest BCUT2D eigenvalue weighted by molar-refractivity contribution is -0.198. The molecule has 134 valence electrons. The lowest BCUT2D eigenvalue weighted by atomic mass is 9.73. The Morgan fingerprint density at radius 1 is 1.12 bits per heavy atom. The van der Waals surface area contributed by atoms with Crippen LogP contribution in [0.1, 0.15) is 49.0 Å². The van der Waals surface area contributed by atoms with Gasteiger partial charge in [-0.1, -0.05) is 44.7 Å².